The zero-order valence-corrected chi connectivity index (χ0v) is 17.5. The first kappa shape index (κ1) is 21.7. The molecule has 30 heavy (non-hydrogen) atoms. The summed E-state index contributed by atoms with van der Waals surface area (Å²) in [7, 11) is 0. The molecule has 0 radical (unpaired) electrons. The van der Waals surface area contributed by atoms with E-state index in [-0.39, 0.29) is 11.7 Å². The van der Waals surface area contributed by atoms with E-state index in [0.29, 0.717) is 17.8 Å². The van der Waals surface area contributed by atoms with Gasteiger partial charge in [-0.3, -0.25) is 14.6 Å². The van der Waals surface area contributed by atoms with Crippen LogP contribution in [-0.4, -0.2) is 59.2 Å². The average molecular weight is 407 g/mol. The molecule has 0 spiro atoms. The number of nitrogens with one attached hydrogen (secondary N) is 1. The molecule has 1 fully saturated rings. The van der Waals surface area contributed by atoms with Gasteiger partial charge < -0.3 is 5.11 Å². The van der Waals surface area contributed by atoms with Crippen molar-refractivity contribution in [3.8, 4) is 5.75 Å². The average Bonchev–Trinajstić information content (AvgIpc) is 2.97. The summed E-state index contributed by atoms with van der Waals surface area (Å²) in [5, 5.41) is 14.3. The largest absolute Gasteiger partial charge is 0.507 e. The Balaban J connectivity index is 1.53. The van der Waals surface area contributed by atoms with Gasteiger partial charge >= 0.3 is 0 Å². The lowest BCUT2D eigenvalue weighted by Crippen LogP contribution is -2.38. The van der Waals surface area contributed by atoms with E-state index in [1.807, 2.05) is 25.1 Å². The Kier molecular flexibility index (Phi) is 8.18. The normalized spacial score (nSPS) is 16.5. The van der Waals surface area contributed by atoms with Crippen LogP contribution >= 0.6 is 0 Å². The van der Waals surface area contributed by atoms with E-state index < -0.39 is 0 Å². The maximum Gasteiger partial charge on any atom is 0.254 e. The van der Waals surface area contributed by atoms with Crippen LogP contribution in [0.3, 0.4) is 0 Å². The van der Waals surface area contributed by atoms with Gasteiger partial charge in [0.15, 0.2) is 0 Å². The van der Waals surface area contributed by atoms with Gasteiger partial charge in [0.25, 0.3) is 5.91 Å². The maximum absolute atomic E-state index is 12.5. The first-order chi connectivity index (χ1) is 14.7. The molecule has 1 aliphatic heterocycles. The molecular weight excluding hydrogens is 376 g/mol. The zero-order chi connectivity index (χ0) is 21.2. The van der Waals surface area contributed by atoms with Crippen LogP contribution in [0.5, 0.6) is 5.75 Å². The molecular formula is C24H30N4O2. The van der Waals surface area contributed by atoms with Gasteiger partial charge in [0.2, 0.25) is 0 Å². The fraction of sp³-hybridized carbons (Fsp3) is 0.333. The number of carbonyl (C=O) groups excluding carboxylic acids is 1. The molecule has 2 aromatic carbocycles. The third-order valence-electron chi connectivity index (χ3n) is 5.10. The van der Waals surface area contributed by atoms with E-state index >= 15 is 0 Å². The predicted molar refractivity (Wildman–Crippen MR) is 120 cm³/mol. The number of rotatable bonds is 7. The molecule has 2 N–H and O–H groups in total. The Hall–Kier alpha value is -2.96. The van der Waals surface area contributed by atoms with Crippen LogP contribution in [0, 0.1) is 0 Å². The highest BCUT2D eigenvalue weighted by molar-refractivity contribution is 6.10. The molecule has 6 nitrogen and oxygen atoms in total. The van der Waals surface area contributed by atoms with E-state index in [9.17, 15) is 9.90 Å². The molecule has 1 aliphatic rings. The van der Waals surface area contributed by atoms with Crippen LogP contribution in [0.25, 0.3) is 0 Å². The summed E-state index contributed by atoms with van der Waals surface area (Å²) in [6.45, 7) is 6.84. The molecule has 3 rings (SSSR count). The molecule has 0 unspecified atom stereocenters. The second kappa shape index (κ2) is 11.3. The molecule has 0 aromatic heterocycles. The zero-order valence-electron chi connectivity index (χ0n) is 17.5. The van der Waals surface area contributed by atoms with Crippen LogP contribution in [0.1, 0.15) is 24.5 Å². The van der Waals surface area contributed by atoms with Gasteiger partial charge in [0, 0.05) is 25.2 Å². The minimum atomic E-state index is -0.149. The number of phenols is 1. The van der Waals surface area contributed by atoms with Crippen LogP contribution in [0.15, 0.2) is 71.9 Å². The summed E-state index contributed by atoms with van der Waals surface area (Å²) in [6.07, 6.45) is 4.63. The maximum atomic E-state index is 12.5. The van der Waals surface area contributed by atoms with Crippen molar-refractivity contribution >= 4 is 11.6 Å². The van der Waals surface area contributed by atoms with E-state index in [2.05, 4.69) is 44.6 Å². The van der Waals surface area contributed by atoms with Crippen molar-refractivity contribution in [2.45, 2.75) is 19.9 Å². The number of carbonyl (C=O) groups is 1. The molecule has 1 amide bonds. The van der Waals surface area contributed by atoms with E-state index in [0.717, 1.165) is 39.1 Å². The number of amides is 1. The van der Waals surface area contributed by atoms with Gasteiger partial charge in [-0.25, -0.2) is 5.43 Å². The summed E-state index contributed by atoms with van der Waals surface area (Å²) in [5.41, 5.74) is 5.07. The number of hydrazone groups is 1. The van der Waals surface area contributed by atoms with Crippen LogP contribution in [0.2, 0.25) is 0 Å². The number of benzene rings is 2. The van der Waals surface area contributed by atoms with E-state index in [4.69, 9.17) is 0 Å². The molecule has 0 saturated carbocycles. The monoisotopic (exact) mass is 406 g/mol. The van der Waals surface area contributed by atoms with Gasteiger partial charge in [-0.15, -0.1) is 0 Å². The van der Waals surface area contributed by atoms with Gasteiger partial charge in [0.05, 0.1) is 12.3 Å². The van der Waals surface area contributed by atoms with Crippen molar-refractivity contribution in [3.05, 3.63) is 77.9 Å². The minimum absolute atomic E-state index is 0.134. The summed E-state index contributed by atoms with van der Waals surface area (Å²) < 4.78 is 0. The van der Waals surface area contributed by atoms with Crippen molar-refractivity contribution in [3.63, 3.8) is 0 Å². The minimum Gasteiger partial charge on any atom is -0.507 e. The van der Waals surface area contributed by atoms with Crippen molar-refractivity contribution < 1.29 is 9.90 Å². The number of phenolic OH excluding ortho intramolecular Hbond substituents is 1. The standard InChI is InChI=1S/C24H30N4O2/c1-2-9-22(21-12-6-7-13-23(21)29)25-26-24(30)19-28-15-8-14-27(16-17-28)18-20-10-4-3-5-11-20/h2-7,9-13,29H,8,14-19H2,1H3,(H,26,30)/b9-2+,25-22+. The molecule has 0 atom stereocenters. The number of aromatic hydroxyl groups is 1. The fourth-order valence-corrected chi connectivity index (χ4v) is 3.58. The molecule has 158 valence electrons. The van der Waals surface area contributed by atoms with Crippen LogP contribution < -0.4 is 5.43 Å². The van der Waals surface area contributed by atoms with Gasteiger partial charge in [0.1, 0.15) is 5.75 Å². The Morgan fingerprint density at radius 3 is 2.50 bits per heavy atom. The van der Waals surface area contributed by atoms with Crippen LogP contribution in [-0.2, 0) is 11.3 Å². The topological polar surface area (TPSA) is 68.2 Å². The molecule has 0 bridgehead atoms. The predicted octanol–water partition coefficient (Wildman–Crippen LogP) is 3.00. The number of hydrogen-bond acceptors (Lipinski definition) is 5. The molecule has 0 aliphatic carbocycles. The second-order valence-electron chi connectivity index (χ2n) is 7.44. The second-order valence-corrected chi connectivity index (χ2v) is 7.44. The fourth-order valence-electron chi connectivity index (χ4n) is 3.58. The highest BCUT2D eigenvalue weighted by Crippen LogP contribution is 2.17. The van der Waals surface area contributed by atoms with Crippen molar-refractivity contribution in [2.75, 3.05) is 32.7 Å². The smallest absolute Gasteiger partial charge is 0.254 e. The molecule has 1 saturated heterocycles. The first-order valence-electron chi connectivity index (χ1n) is 10.4. The Labute approximate surface area is 178 Å². The van der Waals surface area contributed by atoms with Gasteiger partial charge in [-0.05, 0) is 50.2 Å². The van der Waals surface area contributed by atoms with Crippen LogP contribution in [0.4, 0.5) is 0 Å². The van der Waals surface area contributed by atoms with Crippen molar-refractivity contribution in [1.29, 1.82) is 0 Å². The lowest BCUT2D eigenvalue weighted by atomic mass is 10.1. The SMILES string of the molecule is C/C=C/C(=N\NC(=O)CN1CCCN(Cc2ccccc2)CC1)c1ccccc1O. The number of hydrogen-bond donors (Lipinski definition) is 2. The highest BCUT2D eigenvalue weighted by atomic mass is 16.3. The summed E-state index contributed by atoms with van der Waals surface area (Å²) in [5.74, 6) is -0.0152. The molecule has 1 heterocycles. The molecule has 2 aromatic rings. The summed E-state index contributed by atoms with van der Waals surface area (Å²) >= 11 is 0. The number of allylic oxidation sites excluding steroid dienone is 2. The summed E-state index contributed by atoms with van der Waals surface area (Å²) in [6, 6.07) is 17.4. The van der Waals surface area contributed by atoms with E-state index in [1.165, 1.54) is 5.56 Å². The highest BCUT2D eigenvalue weighted by Gasteiger charge is 2.17. The number of nitrogens with zero attached hydrogens (tertiary/aromatic N) is 3. The Morgan fingerprint density at radius 1 is 1.03 bits per heavy atom. The third-order valence-corrected chi connectivity index (χ3v) is 5.10. The number of para-hydroxylation sites is 1. The quantitative estimate of drug-likeness (QED) is 0.548. The Morgan fingerprint density at radius 2 is 1.73 bits per heavy atom. The third kappa shape index (κ3) is 6.54. The van der Waals surface area contributed by atoms with Crippen molar-refractivity contribution in [2.24, 2.45) is 5.10 Å². The lowest BCUT2D eigenvalue weighted by Gasteiger charge is -2.21. The van der Waals surface area contributed by atoms with Gasteiger partial charge in [-0.1, -0.05) is 48.5 Å². The van der Waals surface area contributed by atoms with E-state index in [1.54, 1.807) is 24.3 Å². The summed E-state index contributed by atoms with van der Waals surface area (Å²) in [4.78, 5) is 17.1. The van der Waals surface area contributed by atoms with Crippen molar-refractivity contribution in [1.82, 2.24) is 15.2 Å². The van der Waals surface area contributed by atoms with Gasteiger partial charge in [-0.2, -0.15) is 5.10 Å². The Bertz CT molecular complexity index is 880. The molecule has 6 heteroatoms. The first-order valence-corrected chi connectivity index (χ1v) is 10.4. The lowest BCUT2D eigenvalue weighted by molar-refractivity contribution is -0.122.